The fourth-order valence-electron chi connectivity index (χ4n) is 10.4. The van der Waals surface area contributed by atoms with Gasteiger partial charge >= 0.3 is 0 Å². The van der Waals surface area contributed by atoms with Crippen LogP contribution in [0.25, 0.3) is 99.4 Å². The first-order chi connectivity index (χ1) is 34.7. The summed E-state index contributed by atoms with van der Waals surface area (Å²) in [6.07, 6.45) is 0. The van der Waals surface area contributed by atoms with Gasteiger partial charge in [-0.3, -0.25) is 0 Å². The molecule has 1 aliphatic heterocycles. The first-order valence-electron chi connectivity index (χ1n) is 24.0. The molecular formula is C68H45NO. The highest BCUT2D eigenvalue weighted by Gasteiger charge is 2.22. The van der Waals surface area contributed by atoms with Gasteiger partial charge < -0.3 is 9.64 Å². The Morgan fingerprint density at radius 2 is 0.714 bits per heavy atom. The second-order valence-corrected chi connectivity index (χ2v) is 18.1. The Bertz CT molecular complexity index is 3870. The molecule has 0 amide bonds. The zero-order chi connectivity index (χ0) is 46.4. The van der Waals surface area contributed by atoms with E-state index in [-0.39, 0.29) is 0 Å². The van der Waals surface area contributed by atoms with E-state index in [1.807, 2.05) is 6.07 Å². The molecule has 0 spiro atoms. The number of rotatable bonds is 9. The molecule has 0 radical (unpaired) electrons. The highest BCUT2D eigenvalue weighted by atomic mass is 16.5. The lowest BCUT2D eigenvalue weighted by Crippen LogP contribution is -2.10. The molecule has 1 heterocycles. The van der Waals surface area contributed by atoms with Crippen molar-refractivity contribution in [1.29, 1.82) is 0 Å². The molecular weight excluding hydrogens is 847 g/mol. The lowest BCUT2D eigenvalue weighted by Gasteiger charge is -2.27. The van der Waals surface area contributed by atoms with Crippen LogP contribution in [0.2, 0.25) is 0 Å². The summed E-state index contributed by atoms with van der Waals surface area (Å²) < 4.78 is 6.40. The van der Waals surface area contributed by atoms with E-state index >= 15 is 0 Å². The van der Waals surface area contributed by atoms with Crippen LogP contribution in [0.15, 0.2) is 273 Å². The molecule has 0 N–H and O–H groups in total. The zero-order valence-electron chi connectivity index (χ0n) is 38.3. The number of nitrogens with zero attached hydrogens (tertiary/aromatic N) is 1. The summed E-state index contributed by atoms with van der Waals surface area (Å²) in [6.45, 7) is 0. The third-order valence-corrected chi connectivity index (χ3v) is 13.9. The van der Waals surface area contributed by atoms with Gasteiger partial charge in [-0.05, 0) is 155 Å². The minimum absolute atomic E-state index is 0.885. The Labute approximate surface area is 408 Å². The highest BCUT2D eigenvalue weighted by molar-refractivity contribution is 6.06. The van der Waals surface area contributed by atoms with Gasteiger partial charge in [0.1, 0.15) is 11.5 Å². The summed E-state index contributed by atoms with van der Waals surface area (Å²) in [5.74, 6) is 1.78. The van der Waals surface area contributed by atoms with E-state index in [2.05, 4.69) is 272 Å². The Morgan fingerprint density at radius 1 is 0.229 bits per heavy atom. The maximum absolute atomic E-state index is 6.40. The van der Waals surface area contributed by atoms with E-state index < -0.39 is 0 Å². The van der Waals surface area contributed by atoms with Crippen molar-refractivity contribution >= 4 is 38.6 Å². The van der Waals surface area contributed by atoms with Gasteiger partial charge in [0.05, 0.1) is 0 Å². The molecule has 0 aliphatic carbocycles. The van der Waals surface area contributed by atoms with Crippen LogP contribution in [0.1, 0.15) is 0 Å². The standard InChI is InChI=1S/C68H45NO/c1-3-14-49(15-4-1)62-41-36-54(44-64(62)51-16-5-2-6-17-51)48-34-39-58(40-35-48)69(57-37-32-47(33-38-57)46-28-30-52(31-29-46)61-25-12-19-50-18-7-8-23-60(50)61)59-22-11-20-53(43-59)56-42-55-21-13-27-67-68(55)65(45-56)63-24-9-10-26-66(63)70-67/h1-45H. The molecule has 0 aromatic heterocycles. The minimum Gasteiger partial charge on any atom is -0.456 e. The fraction of sp³-hybridized carbons (Fsp3) is 0. The van der Waals surface area contributed by atoms with Crippen LogP contribution in [-0.2, 0) is 0 Å². The summed E-state index contributed by atoms with van der Waals surface area (Å²) in [4.78, 5) is 2.38. The van der Waals surface area contributed by atoms with Crippen LogP contribution < -0.4 is 9.64 Å². The molecule has 13 rings (SSSR count). The quantitative estimate of drug-likeness (QED) is 0.143. The topological polar surface area (TPSA) is 12.5 Å². The molecule has 0 saturated heterocycles. The van der Waals surface area contributed by atoms with Crippen molar-refractivity contribution in [1.82, 2.24) is 0 Å². The van der Waals surface area contributed by atoms with E-state index in [4.69, 9.17) is 4.74 Å². The second kappa shape index (κ2) is 17.4. The third-order valence-electron chi connectivity index (χ3n) is 13.9. The molecule has 0 atom stereocenters. The van der Waals surface area contributed by atoms with E-state index in [1.165, 1.54) is 66.4 Å². The summed E-state index contributed by atoms with van der Waals surface area (Å²) in [7, 11) is 0. The van der Waals surface area contributed by atoms with Gasteiger partial charge in [0.2, 0.25) is 0 Å². The van der Waals surface area contributed by atoms with Gasteiger partial charge in [-0.15, -0.1) is 0 Å². The first kappa shape index (κ1) is 41.0. The van der Waals surface area contributed by atoms with Crippen LogP contribution in [0.3, 0.4) is 0 Å². The van der Waals surface area contributed by atoms with Gasteiger partial charge in [0, 0.05) is 28.0 Å². The van der Waals surface area contributed by atoms with Gasteiger partial charge in [0.25, 0.3) is 0 Å². The number of ether oxygens (including phenoxy) is 1. The van der Waals surface area contributed by atoms with Crippen LogP contribution >= 0.6 is 0 Å². The van der Waals surface area contributed by atoms with Gasteiger partial charge in [-0.1, -0.05) is 206 Å². The fourth-order valence-corrected chi connectivity index (χ4v) is 10.4. The average Bonchev–Trinajstić information content (AvgIpc) is 3.44. The monoisotopic (exact) mass is 891 g/mol. The Hall–Kier alpha value is -9.24. The van der Waals surface area contributed by atoms with Crippen molar-refractivity contribution in [2.75, 3.05) is 4.90 Å². The van der Waals surface area contributed by atoms with E-state index in [9.17, 15) is 0 Å². The Balaban J connectivity index is 0.890. The molecule has 1 aliphatic rings. The third kappa shape index (κ3) is 7.49. The van der Waals surface area contributed by atoms with E-state index in [0.717, 1.165) is 61.6 Å². The lowest BCUT2D eigenvalue weighted by molar-refractivity contribution is 0.487. The molecule has 0 saturated carbocycles. The molecule has 12 aromatic rings. The van der Waals surface area contributed by atoms with Crippen molar-refractivity contribution in [2.24, 2.45) is 0 Å². The van der Waals surface area contributed by atoms with Gasteiger partial charge in [-0.2, -0.15) is 0 Å². The highest BCUT2D eigenvalue weighted by Crippen LogP contribution is 2.48. The largest absolute Gasteiger partial charge is 0.456 e. The van der Waals surface area contributed by atoms with Crippen molar-refractivity contribution in [3.05, 3.63) is 273 Å². The van der Waals surface area contributed by atoms with Gasteiger partial charge in [0.15, 0.2) is 0 Å². The van der Waals surface area contributed by atoms with E-state index in [0.29, 0.717) is 0 Å². The number of anilines is 3. The maximum Gasteiger partial charge on any atom is 0.135 e. The molecule has 2 nitrogen and oxygen atoms in total. The SMILES string of the molecule is c1ccc(-c2ccc(-c3ccc(N(c4ccc(-c5ccc(-c6cccc7ccccc67)cc5)cc4)c4cccc(-c5cc6c7c(cccc7c5)Oc5ccccc5-6)c4)cc3)cc2-c2ccccc2)cc1. The maximum atomic E-state index is 6.40. The molecule has 2 heteroatoms. The van der Waals surface area contributed by atoms with E-state index in [1.54, 1.807) is 0 Å². The average molecular weight is 892 g/mol. The number of benzene rings is 12. The summed E-state index contributed by atoms with van der Waals surface area (Å²) in [5.41, 5.74) is 19.8. The minimum atomic E-state index is 0.885. The lowest BCUT2D eigenvalue weighted by atomic mass is 9.90. The van der Waals surface area contributed by atoms with Crippen molar-refractivity contribution < 1.29 is 4.74 Å². The first-order valence-corrected chi connectivity index (χ1v) is 24.0. The molecule has 328 valence electrons. The molecule has 70 heavy (non-hydrogen) atoms. The predicted octanol–water partition coefficient (Wildman–Crippen LogP) is 19.2. The summed E-state index contributed by atoms with van der Waals surface area (Å²) in [5, 5.41) is 4.82. The predicted molar refractivity (Wildman–Crippen MR) is 294 cm³/mol. The normalized spacial score (nSPS) is 11.5. The smallest absolute Gasteiger partial charge is 0.135 e. The van der Waals surface area contributed by atoms with Crippen LogP contribution in [0, 0.1) is 0 Å². The van der Waals surface area contributed by atoms with Crippen LogP contribution in [0.5, 0.6) is 11.5 Å². The van der Waals surface area contributed by atoms with Crippen LogP contribution in [0.4, 0.5) is 17.1 Å². The Kier molecular flexibility index (Phi) is 10.2. The molecule has 0 unspecified atom stereocenters. The summed E-state index contributed by atoms with van der Waals surface area (Å²) in [6, 6.07) is 98.7. The van der Waals surface area contributed by atoms with Gasteiger partial charge in [-0.25, -0.2) is 0 Å². The Morgan fingerprint density at radius 3 is 1.47 bits per heavy atom. The van der Waals surface area contributed by atoms with Crippen molar-refractivity contribution in [3.8, 4) is 89.4 Å². The molecule has 12 aromatic carbocycles. The van der Waals surface area contributed by atoms with Crippen molar-refractivity contribution in [2.45, 2.75) is 0 Å². The molecule has 0 bridgehead atoms. The number of fused-ring (bicyclic) bond motifs is 3. The number of para-hydroxylation sites is 1. The zero-order valence-corrected chi connectivity index (χ0v) is 38.3. The molecule has 0 fully saturated rings. The number of hydrogen-bond donors (Lipinski definition) is 0. The summed E-state index contributed by atoms with van der Waals surface area (Å²) >= 11 is 0. The van der Waals surface area contributed by atoms with Crippen molar-refractivity contribution in [3.63, 3.8) is 0 Å². The number of hydrogen-bond acceptors (Lipinski definition) is 2. The van der Waals surface area contributed by atoms with Crippen LogP contribution in [-0.4, -0.2) is 0 Å². The second-order valence-electron chi connectivity index (χ2n) is 18.1.